The highest BCUT2D eigenvalue weighted by Gasteiger charge is 2.21. The Morgan fingerprint density at radius 3 is 2.40 bits per heavy atom. The second-order valence-electron chi connectivity index (χ2n) is 10.1. The van der Waals surface area contributed by atoms with Gasteiger partial charge in [0.15, 0.2) is 5.69 Å². The van der Waals surface area contributed by atoms with E-state index in [-0.39, 0.29) is 16.8 Å². The molecular weight excluding hydrogens is 526 g/mol. The van der Waals surface area contributed by atoms with E-state index < -0.39 is 5.97 Å². The number of nitrogens with zero attached hydrogens (tertiary/aromatic N) is 4. The topological polar surface area (TPSA) is 108 Å². The first-order chi connectivity index (χ1) is 19.4. The van der Waals surface area contributed by atoms with Gasteiger partial charge >= 0.3 is 5.97 Å². The fourth-order valence-corrected chi connectivity index (χ4v) is 4.72. The van der Waals surface area contributed by atoms with Gasteiger partial charge in [0.25, 0.3) is 0 Å². The molecule has 1 aliphatic rings. The van der Waals surface area contributed by atoms with E-state index in [9.17, 15) is 9.59 Å². The second-order valence-corrected chi connectivity index (χ2v) is 10.4. The van der Waals surface area contributed by atoms with Gasteiger partial charge < -0.3 is 15.3 Å². The van der Waals surface area contributed by atoms with Gasteiger partial charge in [0.2, 0.25) is 5.91 Å². The molecule has 0 saturated carbocycles. The zero-order chi connectivity index (χ0) is 28.7. The minimum Gasteiger partial charge on any atom is -0.476 e. The number of rotatable bonds is 13. The minimum atomic E-state index is -1.11. The Balaban J connectivity index is 0.000000371. The molecule has 0 fully saturated rings. The van der Waals surface area contributed by atoms with Crippen LogP contribution in [0.4, 0.5) is 5.69 Å². The number of anilines is 1. The van der Waals surface area contributed by atoms with Crippen LogP contribution in [0.15, 0.2) is 49.1 Å². The van der Waals surface area contributed by atoms with E-state index in [0.717, 1.165) is 37.0 Å². The molecule has 8 nitrogen and oxygen atoms in total. The number of carbonyl (C=O) groups excluding carboxylic acids is 1. The van der Waals surface area contributed by atoms with Crippen LogP contribution in [0.25, 0.3) is 11.1 Å². The van der Waals surface area contributed by atoms with E-state index in [2.05, 4.69) is 51.5 Å². The number of nitrogens with one attached hydrogen (secondary N) is 1. The zero-order valence-corrected chi connectivity index (χ0v) is 24.3. The summed E-state index contributed by atoms with van der Waals surface area (Å²) in [5, 5.41) is 12.1. The predicted octanol–water partition coefficient (Wildman–Crippen LogP) is 6.72. The van der Waals surface area contributed by atoms with Crippen molar-refractivity contribution in [2.75, 3.05) is 18.5 Å². The number of hydrogen-bond acceptors (Lipinski definition) is 6. The smallest absolute Gasteiger partial charge is 0.356 e. The largest absolute Gasteiger partial charge is 0.476 e. The van der Waals surface area contributed by atoms with Gasteiger partial charge in [0, 0.05) is 43.7 Å². The lowest BCUT2D eigenvalue weighted by atomic mass is 9.96. The molecule has 4 rings (SSSR count). The van der Waals surface area contributed by atoms with Crippen LogP contribution in [0.5, 0.6) is 0 Å². The number of carboxylic acids is 1. The number of aromatic nitrogens is 3. The quantitative estimate of drug-likeness (QED) is 0.221. The molecule has 0 aliphatic carbocycles. The Hall–Kier alpha value is -3.36. The van der Waals surface area contributed by atoms with Gasteiger partial charge in [-0.15, -0.1) is 0 Å². The van der Waals surface area contributed by atoms with Crippen molar-refractivity contribution < 1.29 is 14.7 Å². The normalized spacial score (nSPS) is 12.5. The number of pyridine rings is 1. The van der Waals surface area contributed by atoms with Crippen LogP contribution in [0.2, 0.25) is 5.15 Å². The van der Waals surface area contributed by atoms with Gasteiger partial charge in [0.1, 0.15) is 5.15 Å². The lowest BCUT2D eigenvalue weighted by Gasteiger charge is -2.26. The first kappa shape index (κ1) is 31.2. The summed E-state index contributed by atoms with van der Waals surface area (Å²) in [6.45, 7) is 4.20. The Labute approximate surface area is 242 Å². The summed E-state index contributed by atoms with van der Waals surface area (Å²) in [5.41, 5.74) is 5.71. The van der Waals surface area contributed by atoms with Crippen LogP contribution in [-0.4, -0.2) is 45.5 Å². The van der Waals surface area contributed by atoms with Crippen LogP contribution in [0.3, 0.4) is 0 Å². The maximum absolute atomic E-state index is 11.9. The summed E-state index contributed by atoms with van der Waals surface area (Å²) in [5.74, 6) is -0.911. The zero-order valence-electron chi connectivity index (χ0n) is 23.5. The van der Waals surface area contributed by atoms with Crippen molar-refractivity contribution in [2.45, 2.75) is 77.7 Å². The molecule has 3 heterocycles. The molecule has 0 radical (unpaired) electrons. The van der Waals surface area contributed by atoms with Crippen LogP contribution in [0, 0.1) is 0 Å². The summed E-state index contributed by atoms with van der Waals surface area (Å²) in [6.07, 6.45) is 18.4. The molecule has 1 amide bonds. The SMILES string of the molecule is CCCCCCCCCCNCc1cncc(-c2ccc3c(c2)CCC(=O)N3C)c1.O=C(O)c1cnc(Cl)cn1. The van der Waals surface area contributed by atoms with Crippen LogP contribution in [0.1, 0.15) is 86.3 Å². The predicted molar refractivity (Wildman–Crippen MR) is 160 cm³/mol. The van der Waals surface area contributed by atoms with Crippen molar-refractivity contribution in [3.05, 3.63) is 71.0 Å². The molecule has 2 N–H and O–H groups in total. The molecule has 1 aromatic carbocycles. The van der Waals surface area contributed by atoms with Crippen LogP contribution >= 0.6 is 11.6 Å². The minimum absolute atomic E-state index is 0.107. The molecule has 0 atom stereocenters. The maximum Gasteiger partial charge on any atom is 0.356 e. The molecule has 0 spiro atoms. The van der Waals surface area contributed by atoms with Crippen LogP contribution < -0.4 is 10.2 Å². The van der Waals surface area contributed by atoms with E-state index in [0.29, 0.717) is 6.42 Å². The van der Waals surface area contributed by atoms with Gasteiger partial charge in [0.05, 0.1) is 12.4 Å². The summed E-state index contributed by atoms with van der Waals surface area (Å²) in [4.78, 5) is 35.3. The summed E-state index contributed by atoms with van der Waals surface area (Å²) in [6, 6.07) is 8.61. The molecule has 0 bridgehead atoms. The number of unbranched alkanes of at least 4 members (excludes halogenated alkanes) is 7. The summed E-state index contributed by atoms with van der Waals surface area (Å²) in [7, 11) is 1.86. The highest BCUT2D eigenvalue weighted by Crippen LogP contribution is 2.31. The summed E-state index contributed by atoms with van der Waals surface area (Å²) < 4.78 is 0. The Morgan fingerprint density at radius 1 is 0.950 bits per heavy atom. The number of benzene rings is 1. The molecular formula is C31H40ClN5O3. The molecule has 0 saturated heterocycles. The van der Waals surface area contributed by atoms with E-state index in [4.69, 9.17) is 16.7 Å². The Bertz CT molecular complexity index is 1240. The standard InChI is InChI=1S/C26H37N3O.C5H3ClN2O2/c1-3-4-5-6-7-8-9-10-15-27-18-21-16-24(20-28-19-21)22-11-13-25-23(17-22)12-14-26(30)29(25)2;6-4-2-7-3(1-8-4)5(9)10/h11,13,16-17,19-20,27H,3-10,12,14-15,18H2,1-2H3;1-2H,(H,9,10). The van der Waals surface area contributed by atoms with Crippen molar-refractivity contribution in [1.29, 1.82) is 0 Å². The number of aryl methyl sites for hydroxylation is 1. The Morgan fingerprint density at radius 2 is 1.70 bits per heavy atom. The van der Waals surface area contributed by atoms with Gasteiger partial charge in [-0.2, -0.15) is 0 Å². The van der Waals surface area contributed by atoms with Gasteiger partial charge in [-0.25, -0.2) is 14.8 Å². The fourth-order valence-electron chi connectivity index (χ4n) is 4.62. The highest BCUT2D eigenvalue weighted by molar-refractivity contribution is 6.29. The van der Waals surface area contributed by atoms with E-state index in [1.165, 1.54) is 74.3 Å². The lowest BCUT2D eigenvalue weighted by molar-refractivity contribution is -0.118. The van der Waals surface area contributed by atoms with Crippen molar-refractivity contribution in [2.24, 2.45) is 0 Å². The molecule has 1 aliphatic heterocycles. The molecule has 214 valence electrons. The highest BCUT2D eigenvalue weighted by atomic mass is 35.5. The number of carboxylic acid groups (broad SMARTS) is 1. The molecule has 40 heavy (non-hydrogen) atoms. The van der Waals surface area contributed by atoms with Crippen LogP contribution in [-0.2, 0) is 17.8 Å². The fraction of sp³-hybridized carbons (Fsp3) is 0.452. The van der Waals surface area contributed by atoms with Gasteiger partial charge in [-0.1, -0.05) is 69.5 Å². The number of aromatic carboxylic acids is 1. The third-order valence-electron chi connectivity index (χ3n) is 6.93. The number of carbonyl (C=O) groups is 2. The number of fused-ring (bicyclic) bond motifs is 1. The van der Waals surface area contributed by atoms with Crippen molar-refractivity contribution in [3.8, 4) is 11.1 Å². The number of halogens is 1. The third-order valence-corrected chi connectivity index (χ3v) is 7.12. The number of amides is 1. The molecule has 3 aromatic rings. The monoisotopic (exact) mass is 565 g/mol. The number of hydrogen-bond donors (Lipinski definition) is 2. The van der Waals surface area contributed by atoms with E-state index in [1.807, 2.05) is 19.4 Å². The van der Waals surface area contributed by atoms with Gasteiger partial charge in [-0.05, 0) is 54.3 Å². The lowest BCUT2D eigenvalue weighted by Crippen LogP contribution is -2.30. The summed E-state index contributed by atoms with van der Waals surface area (Å²) >= 11 is 5.35. The average Bonchev–Trinajstić information content (AvgIpc) is 2.96. The van der Waals surface area contributed by atoms with E-state index in [1.54, 1.807) is 4.90 Å². The molecule has 2 aromatic heterocycles. The van der Waals surface area contributed by atoms with Gasteiger partial charge in [-0.3, -0.25) is 9.78 Å². The maximum atomic E-state index is 11.9. The second kappa shape index (κ2) is 16.7. The van der Waals surface area contributed by atoms with E-state index >= 15 is 0 Å². The van der Waals surface area contributed by atoms with Crippen molar-refractivity contribution in [1.82, 2.24) is 20.3 Å². The Kier molecular flexibility index (Phi) is 13.0. The first-order valence-corrected chi connectivity index (χ1v) is 14.5. The molecule has 9 heteroatoms. The van der Waals surface area contributed by atoms with Crippen molar-refractivity contribution in [3.63, 3.8) is 0 Å². The molecule has 0 unspecified atom stereocenters. The first-order valence-electron chi connectivity index (χ1n) is 14.1. The average molecular weight is 566 g/mol. The third kappa shape index (κ3) is 9.99. The van der Waals surface area contributed by atoms with Crippen molar-refractivity contribution >= 4 is 29.2 Å².